The standard InChI is InChI=1S/C27H39NO6/c1-18(24(30)34-26(2,3)4)16-32-25(31)33-17-28(5)13-12-27-11-7-6-8-21(27)23(28)14-19-9-10-20(29)15-22(19)27/h9-10,15,18,21,23H,6-8,11-14,16-17H2,1-5H3/p+1/t18?,21-,23+,27+,28?/m0/s1. The molecule has 3 aliphatic rings. The van der Waals surface area contributed by atoms with Crippen molar-refractivity contribution in [3.63, 3.8) is 0 Å². The second-order valence-corrected chi connectivity index (χ2v) is 11.8. The average Bonchev–Trinajstić information content (AvgIpc) is 2.78. The maximum atomic E-state index is 12.4. The lowest BCUT2D eigenvalue weighted by Gasteiger charge is -2.60. The van der Waals surface area contributed by atoms with Crippen molar-refractivity contribution in [1.29, 1.82) is 0 Å². The number of rotatable bonds is 5. The molecular formula is C27H40NO6+. The second-order valence-electron chi connectivity index (χ2n) is 11.8. The van der Waals surface area contributed by atoms with Gasteiger partial charge in [-0.05, 0) is 63.8 Å². The predicted molar refractivity (Wildman–Crippen MR) is 127 cm³/mol. The van der Waals surface area contributed by atoms with Gasteiger partial charge in [0.25, 0.3) is 0 Å². The molecule has 0 amide bonds. The van der Waals surface area contributed by atoms with Crippen LogP contribution in [-0.4, -0.2) is 60.3 Å². The highest BCUT2D eigenvalue weighted by atomic mass is 16.7. The van der Waals surface area contributed by atoms with Crippen LogP contribution in [0.25, 0.3) is 0 Å². The third-order valence-corrected chi connectivity index (χ3v) is 8.23. The van der Waals surface area contributed by atoms with Crippen LogP contribution in [0.15, 0.2) is 18.2 Å². The molecule has 2 unspecified atom stereocenters. The van der Waals surface area contributed by atoms with E-state index in [-0.39, 0.29) is 18.8 Å². The molecular weight excluding hydrogens is 434 g/mol. The minimum Gasteiger partial charge on any atom is -0.508 e. The summed E-state index contributed by atoms with van der Waals surface area (Å²) >= 11 is 0. The summed E-state index contributed by atoms with van der Waals surface area (Å²) in [6.07, 6.45) is 5.99. The molecule has 2 aliphatic carbocycles. The van der Waals surface area contributed by atoms with Crippen LogP contribution in [0, 0.1) is 11.8 Å². The first-order valence-corrected chi connectivity index (χ1v) is 12.6. The molecule has 1 saturated heterocycles. The highest BCUT2D eigenvalue weighted by Crippen LogP contribution is 2.57. The number of nitrogens with zero attached hydrogens (tertiary/aromatic N) is 1. The van der Waals surface area contributed by atoms with Gasteiger partial charge in [0.15, 0.2) is 0 Å². The summed E-state index contributed by atoms with van der Waals surface area (Å²) < 4.78 is 16.9. The number of benzene rings is 1. The Hall–Kier alpha value is -2.28. The Morgan fingerprint density at radius 3 is 2.71 bits per heavy atom. The van der Waals surface area contributed by atoms with Crippen LogP contribution in [0.3, 0.4) is 0 Å². The minimum atomic E-state index is -0.739. The number of carbonyl (C=O) groups excluding carboxylic acids is 2. The zero-order valence-corrected chi connectivity index (χ0v) is 21.3. The molecule has 5 atom stereocenters. The molecule has 0 radical (unpaired) electrons. The lowest BCUT2D eigenvalue weighted by Crippen LogP contribution is -2.69. The van der Waals surface area contributed by atoms with Crippen molar-refractivity contribution in [2.24, 2.45) is 11.8 Å². The van der Waals surface area contributed by atoms with Gasteiger partial charge in [-0.25, -0.2) is 4.79 Å². The van der Waals surface area contributed by atoms with Crippen molar-refractivity contribution in [3.05, 3.63) is 29.3 Å². The molecule has 1 saturated carbocycles. The molecule has 2 fully saturated rings. The molecule has 7 nitrogen and oxygen atoms in total. The number of esters is 1. The number of aromatic hydroxyl groups is 1. The van der Waals surface area contributed by atoms with E-state index in [2.05, 4.69) is 13.1 Å². The summed E-state index contributed by atoms with van der Waals surface area (Å²) in [4.78, 5) is 24.5. The van der Waals surface area contributed by atoms with Crippen molar-refractivity contribution in [2.45, 2.75) is 83.3 Å². The zero-order valence-electron chi connectivity index (χ0n) is 21.3. The first kappa shape index (κ1) is 24.8. The molecule has 1 aromatic rings. The molecule has 4 rings (SSSR count). The maximum absolute atomic E-state index is 12.4. The Morgan fingerprint density at radius 1 is 1.21 bits per heavy atom. The van der Waals surface area contributed by atoms with E-state index in [0.29, 0.717) is 22.2 Å². The van der Waals surface area contributed by atoms with E-state index in [1.807, 2.05) is 26.8 Å². The van der Waals surface area contributed by atoms with E-state index in [9.17, 15) is 14.7 Å². The van der Waals surface area contributed by atoms with Crippen LogP contribution in [0.1, 0.15) is 70.9 Å². The van der Waals surface area contributed by atoms with Gasteiger partial charge >= 0.3 is 12.1 Å². The molecule has 34 heavy (non-hydrogen) atoms. The van der Waals surface area contributed by atoms with Crippen LogP contribution in [0.5, 0.6) is 5.75 Å². The molecule has 1 aromatic carbocycles. The highest BCUT2D eigenvalue weighted by Gasteiger charge is 2.59. The normalized spacial score (nSPS) is 31.0. The van der Waals surface area contributed by atoms with Gasteiger partial charge in [-0.3, -0.25) is 9.28 Å². The summed E-state index contributed by atoms with van der Waals surface area (Å²) in [6, 6.07) is 6.23. The van der Waals surface area contributed by atoms with Crippen LogP contribution in [0.4, 0.5) is 4.79 Å². The number of phenols is 1. The average molecular weight is 475 g/mol. The lowest BCUT2D eigenvalue weighted by molar-refractivity contribution is -0.959. The van der Waals surface area contributed by atoms with E-state index >= 15 is 0 Å². The fraction of sp³-hybridized carbons (Fsp3) is 0.704. The Kier molecular flexibility index (Phi) is 6.62. The smallest absolute Gasteiger partial charge is 0.508 e. The SMILES string of the molecule is CC(COC(=O)OC[N+]1(C)CC[C@]23CCCC[C@H]2[C@H]1Cc1ccc(O)cc13)C(=O)OC(C)(C)C. The summed E-state index contributed by atoms with van der Waals surface area (Å²) in [5.41, 5.74) is 2.20. The van der Waals surface area contributed by atoms with Gasteiger partial charge in [0.05, 0.1) is 25.6 Å². The van der Waals surface area contributed by atoms with Crippen molar-refractivity contribution in [2.75, 3.05) is 26.9 Å². The monoisotopic (exact) mass is 474 g/mol. The number of phenolic OH excluding ortho intramolecular Hbond substituents is 1. The third-order valence-electron chi connectivity index (χ3n) is 8.23. The number of piperidine rings is 1. The fourth-order valence-corrected chi connectivity index (χ4v) is 6.52. The molecule has 2 bridgehead atoms. The number of hydrogen-bond donors (Lipinski definition) is 1. The third kappa shape index (κ3) is 4.77. The fourth-order valence-electron chi connectivity index (χ4n) is 6.52. The zero-order chi connectivity index (χ0) is 24.7. The Labute approximate surface area is 203 Å². The largest absolute Gasteiger partial charge is 0.512 e. The highest BCUT2D eigenvalue weighted by molar-refractivity contribution is 5.73. The number of fused-ring (bicyclic) bond motifs is 1. The molecule has 1 aliphatic heterocycles. The van der Waals surface area contributed by atoms with Crippen LogP contribution >= 0.6 is 0 Å². The topological polar surface area (TPSA) is 82.1 Å². The van der Waals surface area contributed by atoms with Gasteiger partial charge < -0.3 is 19.3 Å². The van der Waals surface area contributed by atoms with Crippen molar-refractivity contribution < 1.29 is 33.4 Å². The van der Waals surface area contributed by atoms with Crippen molar-refractivity contribution in [3.8, 4) is 5.75 Å². The molecule has 188 valence electrons. The molecule has 1 heterocycles. The first-order chi connectivity index (χ1) is 15.9. The lowest BCUT2D eigenvalue weighted by atomic mass is 9.52. The van der Waals surface area contributed by atoms with E-state index in [4.69, 9.17) is 14.2 Å². The number of likely N-dealkylation sites (tertiary alicyclic amines) is 1. The number of likely N-dealkylation sites (N-methyl/N-ethyl adjacent to an activating group) is 1. The van der Waals surface area contributed by atoms with Gasteiger partial charge in [-0.1, -0.05) is 18.9 Å². The number of quaternary nitrogens is 1. The summed E-state index contributed by atoms with van der Waals surface area (Å²) in [6.45, 7) is 8.21. The van der Waals surface area contributed by atoms with Crippen LogP contribution in [0.2, 0.25) is 0 Å². The number of carbonyl (C=O) groups is 2. The molecule has 7 heteroatoms. The van der Waals surface area contributed by atoms with Gasteiger partial charge in [-0.2, -0.15) is 0 Å². The maximum Gasteiger partial charge on any atom is 0.512 e. The van der Waals surface area contributed by atoms with Crippen LogP contribution < -0.4 is 0 Å². The van der Waals surface area contributed by atoms with Gasteiger partial charge in [0, 0.05) is 24.2 Å². The molecule has 1 N–H and O–H groups in total. The predicted octanol–water partition coefficient (Wildman–Crippen LogP) is 4.68. The summed E-state index contributed by atoms with van der Waals surface area (Å²) in [5, 5.41) is 10.2. The quantitative estimate of drug-likeness (QED) is 0.493. The van der Waals surface area contributed by atoms with Gasteiger partial charge in [0.1, 0.15) is 18.0 Å². The summed E-state index contributed by atoms with van der Waals surface area (Å²) in [5.74, 6) is -0.0805. The minimum absolute atomic E-state index is 0.0660. The Morgan fingerprint density at radius 2 is 1.97 bits per heavy atom. The number of ether oxygens (including phenoxy) is 3. The van der Waals surface area contributed by atoms with Crippen molar-refractivity contribution in [1.82, 2.24) is 0 Å². The van der Waals surface area contributed by atoms with Gasteiger partial charge in [0.2, 0.25) is 6.73 Å². The van der Waals surface area contributed by atoms with E-state index in [0.717, 1.165) is 25.8 Å². The summed E-state index contributed by atoms with van der Waals surface area (Å²) in [7, 11) is 2.19. The van der Waals surface area contributed by atoms with Crippen molar-refractivity contribution >= 4 is 12.1 Å². The second kappa shape index (κ2) is 9.06. The van der Waals surface area contributed by atoms with Gasteiger partial charge in [-0.15, -0.1) is 0 Å². The first-order valence-electron chi connectivity index (χ1n) is 12.6. The Bertz CT molecular complexity index is 940. The van der Waals surface area contributed by atoms with E-state index < -0.39 is 23.6 Å². The molecule has 0 spiro atoms. The molecule has 0 aromatic heterocycles. The number of hydrogen-bond acceptors (Lipinski definition) is 6. The van der Waals surface area contributed by atoms with E-state index in [1.54, 1.807) is 13.0 Å². The Balaban J connectivity index is 1.40. The van der Waals surface area contributed by atoms with Crippen LogP contribution in [-0.2, 0) is 30.8 Å². The van der Waals surface area contributed by atoms with E-state index in [1.165, 1.54) is 30.4 Å².